The molecule has 0 aromatic heterocycles. The fourth-order valence-electron chi connectivity index (χ4n) is 4.99. The molecule has 6 heteroatoms. The first kappa shape index (κ1) is 23.4. The van der Waals surface area contributed by atoms with Gasteiger partial charge in [0.15, 0.2) is 0 Å². The van der Waals surface area contributed by atoms with Crippen molar-refractivity contribution in [3.05, 3.63) is 106 Å². The maximum atomic E-state index is 15.3. The van der Waals surface area contributed by atoms with Crippen LogP contribution in [0, 0.1) is 28.9 Å². The lowest BCUT2D eigenvalue weighted by Gasteiger charge is -2.50. The highest BCUT2D eigenvalue weighted by Crippen LogP contribution is 2.45. The van der Waals surface area contributed by atoms with Crippen molar-refractivity contribution >= 4 is 11.6 Å². The summed E-state index contributed by atoms with van der Waals surface area (Å²) < 4.78 is 43.1. The topological polar surface area (TPSA) is 27.0 Å². The van der Waals surface area contributed by atoms with Gasteiger partial charge in [-0.1, -0.05) is 35.9 Å². The molecule has 0 amide bonds. The number of rotatable bonds is 6. The maximum absolute atomic E-state index is 15.3. The lowest BCUT2D eigenvalue weighted by atomic mass is 9.72. The first-order chi connectivity index (χ1) is 15.7. The summed E-state index contributed by atoms with van der Waals surface area (Å²) in [6, 6.07) is 20.2. The van der Waals surface area contributed by atoms with Crippen molar-refractivity contribution in [2.75, 3.05) is 13.1 Å². The second-order valence-electron chi connectivity index (χ2n) is 9.15. The van der Waals surface area contributed by atoms with E-state index >= 15 is 4.39 Å². The Morgan fingerprint density at radius 1 is 0.939 bits per heavy atom. The zero-order valence-electron chi connectivity index (χ0n) is 18.4. The van der Waals surface area contributed by atoms with Crippen LogP contribution in [-0.4, -0.2) is 23.7 Å². The Bertz CT molecular complexity index is 1150. The molecule has 3 aromatic carbocycles. The molecular formula is C27H24ClF3N2. The number of hydrogen-bond donors (Lipinski definition) is 0. The van der Waals surface area contributed by atoms with Crippen molar-refractivity contribution in [3.8, 4) is 6.07 Å². The van der Waals surface area contributed by atoms with Gasteiger partial charge in [0.2, 0.25) is 0 Å². The molecule has 1 heterocycles. The summed E-state index contributed by atoms with van der Waals surface area (Å²) in [6.45, 7) is 3.99. The number of nitrogens with zero attached hydrogens (tertiary/aromatic N) is 2. The van der Waals surface area contributed by atoms with E-state index in [2.05, 4.69) is 11.0 Å². The van der Waals surface area contributed by atoms with Gasteiger partial charge in [0.05, 0.1) is 17.7 Å². The summed E-state index contributed by atoms with van der Waals surface area (Å²) in [6.07, 6.45) is 0. The second kappa shape index (κ2) is 9.21. The van der Waals surface area contributed by atoms with E-state index in [1.807, 2.05) is 42.5 Å². The molecule has 3 aromatic rings. The summed E-state index contributed by atoms with van der Waals surface area (Å²) in [5.74, 6) is -2.19. The summed E-state index contributed by atoms with van der Waals surface area (Å²) in [7, 11) is 0. The molecule has 0 aliphatic carbocycles. The smallest absolute Gasteiger partial charge is 0.126 e. The van der Waals surface area contributed by atoms with Gasteiger partial charge >= 0.3 is 0 Å². The van der Waals surface area contributed by atoms with Crippen molar-refractivity contribution in [3.63, 3.8) is 0 Å². The van der Waals surface area contributed by atoms with Crippen molar-refractivity contribution < 1.29 is 13.2 Å². The second-order valence-corrected chi connectivity index (χ2v) is 9.59. The summed E-state index contributed by atoms with van der Waals surface area (Å²) in [5.41, 5.74) is 1.18. The van der Waals surface area contributed by atoms with Crippen LogP contribution in [0.4, 0.5) is 13.2 Å². The fraction of sp³-hybridized carbons (Fsp3) is 0.296. The van der Waals surface area contributed by atoms with Gasteiger partial charge in [-0.2, -0.15) is 5.26 Å². The monoisotopic (exact) mass is 468 g/mol. The first-order valence-electron chi connectivity index (χ1n) is 10.8. The molecule has 33 heavy (non-hydrogen) atoms. The molecule has 0 spiro atoms. The fourth-order valence-corrected chi connectivity index (χ4v) is 5.12. The Balaban J connectivity index is 1.65. The largest absolute Gasteiger partial charge is 0.292 e. The molecule has 0 radical (unpaired) electrons. The molecule has 0 N–H and O–H groups in total. The molecule has 2 nitrogen and oxygen atoms in total. The quantitative estimate of drug-likeness (QED) is 0.388. The van der Waals surface area contributed by atoms with Crippen LogP contribution in [0.25, 0.3) is 0 Å². The number of benzene rings is 3. The van der Waals surface area contributed by atoms with Crippen LogP contribution in [0.3, 0.4) is 0 Å². The van der Waals surface area contributed by atoms with Gasteiger partial charge in [-0.3, -0.25) is 4.90 Å². The lowest BCUT2D eigenvalue weighted by molar-refractivity contribution is 0.00804. The van der Waals surface area contributed by atoms with E-state index in [1.165, 1.54) is 26.0 Å². The Morgan fingerprint density at radius 2 is 1.58 bits per heavy atom. The summed E-state index contributed by atoms with van der Waals surface area (Å²) in [5, 5.41) is 9.97. The lowest BCUT2D eigenvalue weighted by Crippen LogP contribution is -2.53. The molecule has 1 aliphatic heterocycles. The molecule has 4 rings (SSSR count). The molecule has 0 saturated carbocycles. The molecule has 0 unspecified atom stereocenters. The van der Waals surface area contributed by atoms with Crippen LogP contribution in [0.5, 0.6) is 0 Å². The van der Waals surface area contributed by atoms with Crippen molar-refractivity contribution in [1.82, 2.24) is 4.90 Å². The molecule has 1 fully saturated rings. The van der Waals surface area contributed by atoms with Crippen LogP contribution in [-0.2, 0) is 0 Å². The predicted molar refractivity (Wildman–Crippen MR) is 124 cm³/mol. The SMILES string of the molecule is CC(C)(F)[C@@H](c1cc(F)cc(F)c1)C1CN([C@@H](c2ccc(Cl)cc2)c2cccc(C#N)c2)C1. The van der Waals surface area contributed by atoms with Crippen LogP contribution >= 0.6 is 11.6 Å². The van der Waals surface area contributed by atoms with Gasteiger partial charge in [-0.25, -0.2) is 13.2 Å². The number of nitriles is 1. The van der Waals surface area contributed by atoms with Crippen molar-refractivity contribution in [1.29, 1.82) is 5.26 Å². The third-order valence-corrected chi connectivity index (χ3v) is 6.53. The molecule has 1 saturated heterocycles. The van der Waals surface area contributed by atoms with Crippen LogP contribution in [0.1, 0.15) is 48.1 Å². The zero-order chi connectivity index (χ0) is 23.8. The van der Waals surface area contributed by atoms with Gasteiger partial charge in [0.1, 0.15) is 17.3 Å². The van der Waals surface area contributed by atoms with E-state index in [-0.39, 0.29) is 12.0 Å². The highest BCUT2D eigenvalue weighted by Gasteiger charge is 2.45. The molecular weight excluding hydrogens is 445 g/mol. The van der Waals surface area contributed by atoms with Crippen LogP contribution < -0.4 is 0 Å². The Morgan fingerprint density at radius 3 is 2.15 bits per heavy atom. The minimum absolute atomic E-state index is 0.125. The minimum Gasteiger partial charge on any atom is -0.292 e. The van der Waals surface area contributed by atoms with E-state index < -0.39 is 23.2 Å². The average molecular weight is 469 g/mol. The van der Waals surface area contributed by atoms with Gasteiger partial charge in [0.25, 0.3) is 0 Å². The summed E-state index contributed by atoms with van der Waals surface area (Å²) in [4.78, 5) is 2.19. The van der Waals surface area contributed by atoms with Gasteiger partial charge in [-0.15, -0.1) is 0 Å². The van der Waals surface area contributed by atoms with Crippen LogP contribution in [0.15, 0.2) is 66.7 Å². The van der Waals surface area contributed by atoms with Crippen molar-refractivity contribution in [2.45, 2.75) is 31.5 Å². The van der Waals surface area contributed by atoms with Gasteiger partial charge in [-0.05, 0) is 72.9 Å². The Hall–Kier alpha value is -2.81. The average Bonchev–Trinajstić information content (AvgIpc) is 2.72. The first-order valence-corrected chi connectivity index (χ1v) is 11.2. The number of halogens is 4. The van der Waals surface area contributed by atoms with E-state index in [9.17, 15) is 14.0 Å². The minimum atomic E-state index is -1.66. The predicted octanol–water partition coefficient (Wildman–Crippen LogP) is 7.04. The zero-order valence-corrected chi connectivity index (χ0v) is 19.2. The molecule has 0 bridgehead atoms. The van der Waals surface area contributed by atoms with E-state index in [4.69, 9.17) is 11.6 Å². The van der Waals surface area contributed by atoms with E-state index in [1.54, 1.807) is 6.07 Å². The third-order valence-electron chi connectivity index (χ3n) is 6.28. The van der Waals surface area contributed by atoms with Crippen LogP contribution in [0.2, 0.25) is 5.02 Å². The van der Waals surface area contributed by atoms with E-state index in [0.29, 0.717) is 29.2 Å². The number of hydrogen-bond acceptors (Lipinski definition) is 2. The highest BCUT2D eigenvalue weighted by molar-refractivity contribution is 6.30. The number of alkyl halides is 1. The number of likely N-dealkylation sites (tertiary alicyclic amines) is 1. The standard InChI is InChI=1S/C27H24ClF3N2/c1-27(2,31)25(20-11-23(29)13-24(30)12-20)21-15-33(16-21)26(18-6-8-22(28)9-7-18)19-5-3-4-17(10-19)14-32/h3-13,21,25-26H,15-16H2,1-2H3/t25-,26-/m0/s1. The molecule has 170 valence electrons. The Kier molecular flexibility index (Phi) is 6.52. The Labute approximate surface area is 197 Å². The molecule has 1 aliphatic rings. The highest BCUT2D eigenvalue weighted by atomic mass is 35.5. The normalized spacial score (nSPS) is 16.6. The maximum Gasteiger partial charge on any atom is 0.126 e. The third kappa shape index (κ3) is 5.08. The van der Waals surface area contributed by atoms with Gasteiger partial charge < -0.3 is 0 Å². The molecule has 2 atom stereocenters. The van der Waals surface area contributed by atoms with Crippen molar-refractivity contribution in [2.24, 2.45) is 5.92 Å². The van der Waals surface area contributed by atoms with E-state index in [0.717, 1.165) is 17.2 Å². The van der Waals surface area contributed by atoms with Gasteiger partial charge in [0, 0.05) is 30.1 Å². The summed E-state index contributed by atoms with van der Waals surface area (Å²) >= 11 is 6.09.